The Morgan fingerprint density at radius 2 is 1.81 bits per heavy atom. The minimum Gasteiger partial charge on any atom is -0.382 e. The fourth-order valence-electron chi connectivity index (χ4n) is 5.22. The number of hydrogen-bond donors (Lipinski definition) is 1. The second-order valence-electron chi connectivity index (χ2n) is 8.77. The molecular weight excluding hydrogens is 423 g/mol. The number of hydrogen-bond acceptors (Lipinski definition) is 3. The third kappa shape index (κ3) is 3.42. The predicted molar refractivity (Wildman–Crippen MR) is 125 cm³/mol. The summed E-state index contributed by atoms with van der Waals surface area (Å²) in [7, 11) is -3.65. The van der Waals surface area contributed by atoms with Crippen molar-refractivity contribution < 1.29 is 12.8 Å². The molecule has 0 bridgehead atoms. The van der Waals surface area contributed by atoms with Gasteiger partial charge in [-0.1, -0.05) is 48.9 Å². The van der Waals surface area contributed by atoms with Crippen LogP contribution in [-0.2, 0) is 10.0 Å². The average Bonchev–Trinajstić information content (AvgIpc) is 3.25. The number of aryl methyl sites for hydroxylation is 1. The summed E-state index contributed by atoms with van der Waals surface area (Å²) in [5, 5.41) is 3.62. The number of fused-ring (bicyclic) bond motifs is 3. The molecule has 3 aromatic rings. The minimum absolute atomic E-state index is 0.170. The van der Waals surface area contributed by atoms with Crippen LogP contribution in [0.5, 0.6) is 0 Å². The predicted octanol–water partition coefficient (Wildman–Crippen LogP) is 5.76. The van der Waals surface area contributed by atoms with Gasteiger partial charge in [-0.2, -0.15) is 4.31 Å². The number of anilines is 1. The monoisotopic (exact) mass is 450 g/mol. The fraction of sp³-hybridized carbons (Fsp3) is 0.308. The van der Waals surface area contributed by atoms with Gasteiger partial charge in [0.2, 0.25) is 10.0 Å². The Bertz CT molecular complexity index is 1260. The number of nitrogens with zero attached hydrogens (tertiary/aromatic N) is 1. The van der Waals surface area contributed by atoms with E-state index < -0.39 is 10.0 Å². The van der Waals surface area contributed by atoms with Gasteiger partial charge < -0.3 is 5.32 Å². The highest BCUT2D eigenvalue weighted by atomic mass is 32.2. The zero-order valence-corrected chi connectivity index (χ0v) is 19.1. The first-order chi connectivity index (χ1) is 15.4. The van der Waals surface area contributed by atoms with Crippen LogP contribution in [0.4, 0.5) is 10.1 Å². The van der Waals surface area contributed by atoms with Crippen molar-refractivity contribution in [3.05, 3.63) is 83.7 Å². The number of halogens is 1. The van der Waals surface area contributed by atoms with E-state index in [1.807, 2.05) is 43.3 Å². The lowest BCUT2D eigenvalue weighted by Gasteiger charge is -2.39. The Morgan fingerprint density at radius 1 is 1.06 bits per heavy atom. The molecule has 1 unspecified atom stereocenters. The molecule has 1 N–H and O–H groups in total. The maximum absolute atomic E-state index is 14.5. The molecule has 2 heterocycles. The summed E-state index contributed by atoms with van der Waals surface area (Å²) in [6.07, 6.45) is 1.71. The summed E-state index contributed by atoms with van der Waals surface area (Å²) in [4.78, 5) is 0.321. The van der Waals surface area contributed by atoms with Crippen molar-refractivity contribution >= 4 is 15.7 Å². The van der Waals surface area contributed by atoms with E-state index in [-0.39, 0.29) is 23.8 Å². The van der Waals surface area contributed by atoms with Gasteiger partial charge in [-0.05, 0) is 61.2 Å². The van der Waals surface area contributed by atoms with Crippen molar-refractivity contribution in [1.29, 1.82) is 0 Å². The van der Waals surface area contributed by atoms with E-state index in [9.17, 15) is 12.8 Å². The van der Waals surface area contributed by atoms with Crippen molar-refractivity contribution in [2.24, 2.45) is 5.92 Å². The smallest absolute Gasteiger partial charge is 0.243 e. The van der Waals surface area contributed by atoms with E-state index in [0.717, 1.165) is 35.2 Å². The Kier molecular flexibility index (Phi) is 5.30. The van der Waals surface area contributed by atoms with Crippen LogP contribution >= 0.6 is 0 Å². The summed E-state index contributed by atoms with van der Waals surface area (Å²) in [5.74, 6) is -0.113. The topological polar surface area (TPSA) is 49.4 Å². The van der Waals surface area contributed by atoms with Gasteiger partial charge in [0.25, 0.3) is 0 Å². The van der Waals surface area contributed by atoms with E-state index >= 15 is 0 Å². The summed E-state index contributed by atoms with van der Waals surface area (Å²) in [6.45, 7) is 4.55. The quantitative estimate of drug-likeness (QED) is 0.550. The molecule has 0 saturated carbocycles. The van der Waals surface area contributed by atoms with Gasteiger partial charge in [0.05, 0.1) is 10.9 Å². The van der Waals surface area contributed by atoms with Crippen molar-refractivity contribution in [2.75, 3.05) is 11.9 Å². The molecule has 2 aliphatic rings. The van der Waals surface area contributed by atoms with Gasteiger partial charge >= 0.3 is 0 Å². The molecule has 0 aromatic heterocycles. The average molecular weight is 451 g/mol. The Hall–Kier alpha value is -2.70. The summed E-state index contributed by atoms with van der Waals surface area (Å²) < 4.78 is 43.5. The van der Waals surface area contributed by atoms with Crippen LogP contribution in [-0.4, -0.2) is 25.3 Å². The molecule has 32 heavy (non-hydrogen) atoms. The SMILES string of the molecule is CC[C@@H]1Nc2ccc(-c3ccccc3F)cc2C2[C@@H]1CCN2S(=O)(=O)c1ccc(C)cc1. The molecule has 0 spiro atoms. The van der Waals surface area contributed by atoms with Crippen LogP contribution in [0.2, 0.25) is 0 Å². The van der Waals surface area contributed by atoms with Gasteiger partial charge in [-0.15, -0.1) is 0 Å². The summed E-state index contributed by atoms with van der Waals surface area (Å²) in [6, 6.07) is 19.5. The highest BCUT2D eigenvalue weighted by Crippen LogP contribution is 2.50. The Morgan fingerprint density at radius 3 is 2.53 bits per heavy atom. The first kappa shape index (κ1) is 21.2. The lowest BCUT2D eigenvalue weighted by molar-refractivity contribution is 0.304. The standard InChI is InChI=1S/C26H27FN2O2S/c1-3-24-21-14-15-29(32(30,31)19-11-8-17(2)9-12-19)26(21)22-16-18(10-13-25(22)28-24)20-6-4-5-7-23(20)27/h4-13,16,21,24,26,28H,3,14-15H2,1-2H3/t21-,24+,26?/m1/s1. The highest BCUT2D eigenvalue weighted by molar-refractivity contribution is 7.89. The largest absolute Gasteiger partial charge is 0.382 e. The van der Waals surface area contributed by atoms with Crippen LogP contribution in [0.25, 0.3) is 11.1 Å². The normalized spacial score (nSPS) is 22.8. The molecule has 0 amide bonds. The third-order valence-electron chi connectivity index (χ3n) is 6.88. The lowest BCUT2D eigenvalue weighted by Crippen LogP contribution is -2.40. The van der Waals surface area contributed by atoms with Crippen LogP contribution in [0.3, 0.4) is 0 Å². The minimum atomic E-state index is -3.65. The lowest BCUT2D eigenvalue weighted by atomic mass is 9.81. The van der Waals surface area contributed by atoms with E-state index in [1.54, 1.807) is 28.6 Å². The molecule has 1 saturated heterocycles. The van der Waals surface area contributed by atoms with E-state index in [1.165, 1.54) is 6.07 Å². The fourth-order valence-corrected chi connectivity index (χ4v) is 6.89. The maximum atomic E-state index is 14.5. The Labute approximate surface area is 189 Å². The molecule has 5 rings (SSSR count). The van der Waals surface area contributed by atoms with Gasteiger partial charge in [-0.3, -0.25) is 0 Å². The van der Waals surface area contributed by atoms with Crippen LogP contribution in [0.1, 0.15) is 36.9 Å². The first-order valence-electron chi connectivity index (χ1n) is 11.1. The molecule has 1 fully saturated rings. The van der Waals surface area contributed by atoms with E-state index in [2.05, 4.69) is 12.2 Å². The Balaban J connectivity index is 1.62. The van der Waals surface area contributed by atoms with Crippen molar-refractivity contribution in [3.8, 4) is 11.1 Å². The second kappa shape index (κ2) is 8.01. The van der Waals surface area contributed by atoms with Crippen molar-refractivity contribution in [3.63, 3.8) is 0 Å². The molecule has 0 radical (unpaired) electrons. The summed E-state index contributed by atoms with van der Waals surface area (Å²) in [5.41, 5.74) is 4.17. The molecular formula is C26H27FN2O2S. The molecule has 6 heteroatoms. The molecule has 3 atom stereocenters. The van der Waals surface area contributed by atoms with Gasteiger partial charge in [-0.25, -0.2) is 12.8 Å². The van der Waals surface area contributed by atoms with Gasteiger partial charge in [0.1, 0.15) is 5.82 Å². The van der Waals surface area contributed by atoms with Crippen LogP contribution < -0.4 is 5.32 Å². The van der Waals surface area contributed by atoms with Crippen molar-refractivity contribution in [2.45, 2.75) is 43.7 Å². The number of rotatable bonds is 4. The zero-order chi connectivity index (χ0) is 22.5. The van der Waals surface area contributed by atoms with Crippen LogP contribution in [0, 0.1) is 18.7 Å². The van der Waals surface area contributed by atoms with Crippen LogP contribution in [0.15, 0.2) is 71.6 Å². The third-order valence-corrected chi connectivity index (χ3v) is 8.77. The number of sulfonamides is 1. The van der Waals surface area contributed by atoms with Crippen molar-refractivity contribution in [1.82, 2.24) is 4.31 Å². The van der Waals surface area contributed by atoms with E-state index in [4.69, 9.17) is 0 Å². The maximum Gasteiger partial charge on any atom is 0.243 e. The number of benzene rings is 3. The molecule has 166 valence electrons. The molecule has 2 aliphatic heterocycles. The van der Waals surface area contributed by atoms with E-state index in [0.29, 0.717) is 17.0 Å². The number of nitrogens with one attached hydrogen (secondary N) is 1. The molecule has 0 aliphatic carbocycles. The zero-order valence-electron chi connectivity index (χ0n) is 18.3. The van der Waals surface area contributed by atoms with Gasteiger partial charge in [0, 0.05) is 29.8 Å². The molecule has 3 aromatic carbocycles. The second-order valence-corrected chi connectivity index (χ2v) is 10.7. The summed E-state index contributed by atoms with van der Waals surface area (Å²) >= 11 is 0. The highest BCUT2D eigenvalue weighted by Gasteiger charge is 2.48. The van der Waals surface area contributed by atoms with Gasteiger partial charge in [0.15, 0.2) is 0 Å². The first-order valence-corrected chi connectivity index (χ1v) is 12.6. The molecule has 4 nitrogen and oxygen atoms in total.